The van der Waals surface area contributed by atoms with Crippen LogP contribution < -0.4 is 10.6 Å². The molecule has 0 saturated heterocycles. The number of fused-ring (bicyclic) bond motifs is 1. The van der Waals surface area contributed by atoms with Gasteiger partial charge >= 0.3 is 0 Å². The Balaban J connectivity index is 1.24. The zero-order chi connectivity index (χ0) is 21.6. The van der Waals surface area contributed by atoms with Crippen LogP contribution in [0.25, 0.3) is 0 Å². The number of rotatable bonds is 5. The smallest absolute Gasteiger partial charge is 0.224 e. The molecule has 2 aliphatic carbocycles. The number of guanidine groups is 1. The van der Waals surface area contributed by atoms with Crippen LogP contribution in [0.3, 0.4) is 0 Å². The molecule has 4 rings (SSSR count). The fraction of sp³-hybridized carbons (Fsp3) is 0.480. The molecule has 0 aromatic heterocycles. The third kappa shape index (κ3) is 5.63. The topological polar surface area (TPSA) is 69.1 Å². The fourth-order valence-electron chi connectivity index (χ4n) is 4.51. The van der Waals surface area contributed by atoms with E-state index in [1.165, 1.54) is 5.57 Å². The van der Waals surface area contributed by atoms with E-state index in [9.17, 15) is 4.79 Å². The Morgan fingerprint density at radius 1 is 1.13 bits per heavy atom. The molecule has 1 aromatic rings. The van der Waals surface area contributed by atoms with Gasteiger partial charge in [0.15, 0.2) is 0 Å². The van der Waals surface area contributed by atoms with Gasteiger partial charge in [0, 0.05) is 32.3 Å². The lowest BCUT2D eigenvalue weighted by molar-refractivity contribution is -0.120. The minimum atomic E-state index is 0.0716. The highest BCUT2D eigenvalue weighted by Gasteiger charge is 2.27. The summed E-state index contributed by atoms with van der Waals surface area (Å²) in [7, 11) is 4.07. The van der Waals surface area contributed by atoms with E-state index in [1.54, 1.807) is 0 Å². The summed E-state index contributed by atoms with van der Waals surface area (Å²) in [5.41, 5.74) is 2.26. The van der Waals surface area contributed by atoms with E-state index in [0.29, 0.717) is 18.4 Å². The quantitative estimate of drug-likeness (QED) is 0.721. The Labute approximate surface area is 185 Å². The van der Waals surface area contributed by atoms with Crippen molar-refractivity contribution in [2.75, 3.05) is 20.6 Å². The van der Waals surface area contributed by atoms with Gasteiger partial charge in [0.25, 0.3) is 0 Å². The maximum atomic E-state index is 12.2. The third-order valence-electron chi connectivity index (χ3n) is 6.24. The Bertz CT molecular complexity index is 892. The number of allylic oxidation sites excluding steroid dienone is 2. The molecule has 1 atom stereocenters. The van der Waals surface area contributed by atoms with Gasteiger partial charge < -0.3 is 15.5 Å². The van der Waals surface area contributed by atoms with Gasteiger partial charge in [-0.1, -0.05) is 48.6 Å². The first-order valence-electron chi connectivity index (χ1n) is 11.4. The molecule has 31 heavy (non-hydrogen) atoms. The molecule has 1 unspecified atom stereocenters. The minimum absolute atomic E-state index is 0.0716. The van der Waals surface area contributed by atoms with E-state index in [1.807, 2.05) is 44.4 Å². The van der Waals surface area contributed by atoms with Gasteiger partial charge in [0.1, 0.15) is 11.9 Å². The summed E-state index contributed by atoms with van der Waals surface area (Å²) in [5, 5.41) is 6.70. The molecule has 3 aliphatic rings. The van der Waals surface area contributed by atoms with Crippen molar-refractivity contribution in [2.45, 2.75) is 50.6 Å². The van der Waals surface area contributed by atoms with Crippen molar-refractivity contribution in [2.24, 2.45) is 15.9 Å². The number of benzene rings is 1. The third-order valence-corrected chi connectivity index (χ3v) is 6.24. The lowest BCUT2D eigenvalue weighted by atomic mass is 9.86. The Morgan fingerprint density at radius 3 is 2.65 bits per heavy atom. The van der Waals surface area contributed by atoms with Gasteiger partial charge in [-0.2, -0.15) is 4.99 Å². The van der Waals surface area contributed by atoms with Crippen molar-refractivity contribution in [3.05, 3.63) is 59.7 Å². The van der Waals surface area contributed by atoms with Crippen LogP contribution in [-0.2, 0) is 11.2 Å². The highest BCUT2D eigenvalue weighted by atomic mass is 16.1. The van der Waals surface area contributed by atoms with Gasteiger partial charge in [0.2, 0.25) is 11.9 Å². The Kier molecular flexibility index (Phi) is 6.85. The SMILES string of the molecule is CN(C)C1=NC(NC2CCC(CNC(=O)Cc3ccccc3)CC2)=NC2C=CCC=C12. The second-order valence-electron chi connectivity index (χ2n) is 8.88. The molecular weight excluding hydrogens is 386 g/mol. The van der Waals surface area contributed by atoms with Gasteiger partial charge in [-0.25, -0.2) is 4.99 Å². The van der Waals surface area contributed by atoms with Crippen LogP contribution in [0.2, 0.25) is 0 Å². The standard InChI is InChI=1S/C25H33N5O/c1-30(2)24-21-10-6-7-11-22(21)28-25(29-24)27-20-14-12-19(13-15-20)17-26-23(31)16-18-8-4-3-5-9-18/h3-5,7-11,19-20,22H,6,12-17H2,1-2H3,(H,26,31)(H,27,28). The van der Waals surface area contributed by atoms with E-state index in [2.05, 4.69) is 33.8 Å². The van der Waals surface area contributed by atoms with Crippen LogP contribution in [0.4, 0.5) is 0 Å². The average Bonchev–Trinajstić information content (AvgIpc) is 2.78. The van der Waals surface area contributed by atoms with E-state index in [0.717, 1.165) is 56.0 Å². The summed E-state index contributed by atoms with van der Waals surface area (Å²) in [5.74, 6) is 2.40. The highest BCUT2D eigenvalue weighted by Crippen LogP contribution is 2.25. The number of likely N-dealkylation sites (N-methyl/N-ethyl adjacent to an activating group) is 1. The van der Waals surface area contributed by atoms with Crippen molar-refractivity contribution in [1.82, 2.24) is 15.5 Å². The molecule has 164 valence electrons. The summed E-state index contributed by atoms with van der Waals surface area (Å²) < 4.78 is 0. The van der Waals surface area contributed by atoms with Crippen LogP contribution in [0, 0.1) is 5.92 Å². The molecule has 2 N–H and O–H groups in total. The molecule has 1 saturated carbocycles. The second kappa shape index (κ2) is 9.94. The average molecular weight is 420 g/mol. The predicted molar refractivity (Wildman–Crippen MR) is 126 cm³/mol. The summed E-state index contributed by atoms with van der Waals surface area (Å²) in [6.07, 6.45) is 12.3. The Morgan fingerprint density at radius 2 is 1.90 bits per heavy atom. The highest BCUT2D eigenvalue weighted by molar-refractivity contribution is 6.08. The van der Waals surface area contributed by atoms with Crippen LogP contribution in [0.5, 0.6) is 0 Å². The van der Waals surface area contributed by atoms with Gasteiger partial charge in [0.05, 0.1) is 6.42 Å². The molecule has 0 bridgehead atoms. The Hall–Kier alpha value is -2.89. The number of amidine groups is 1. The maximum absolute atomic E-state index is 12.2. The number of nitrogens with one attached hydrogen (secondary N) is 2. The zero-order valence-electron chi connectivity index (χ0n) is 18.6. The van der Waals surface area contributed by atoms with Crippen molar-refractivity contribution in [1.29, 1.82) is 0 Å². The van der Waals surface area contributed by atoms with E-state index in [4.69, 9.17) is 9.98 Å². The molecule has 6 heteroatoms. The summed E-state index contributed by atoms with van der Waals surface area (Å²) in [6.45, 7) is 0.767. The number of carbonyl (C=O) groups is 1. The molecule has 1 fully saturated rings. The largest absolute Gasteiger partial charge is 0.362 e. The summed E-state index contributed by atoms with van der Waals surface area (Å²) >= 11 is 0. The number of amides is 1. The maximum Gasteiger partial charge on any atom is 0.224 e. The summed E-state index contributed by atoms with van der Waals surface area (Å²) in [4.78, 5) is 23.9. The van der Waals surface area contributed by atoms with Gasteiger partial charge in [-0.15, -0.1) is 0 Å². The first-order valence-corrected chi connectivity index (χ1v) is 11.4. The molecule has 1 aromatic carbocycles. The van der Waals surface area contributed by atoms with E-state index in [-0.39, 0.29) is 11.9 Å². The molecular formula is C25H33N5O. The number of hydrogen-bond donors (Lipinski definition) is 2. The first kappa shape index (κ1) is 21.3. The van der Waals surface area contributed by atoms with Crippen LogP contribution in [-0.4, -0.2) is 55.3 Å². The second-order valence-corrected chi connectivity index (χ2v) is 8.88. The molecule has 0 spiro atoms. The number of nitrogens with zero attached hydrogens (tertiary/aromatic N) is 3. The molecule has 6 nitrogen and oxygen atoms in total. The normalized spacial score (nSPS) is 25.0. The van der Waals surface area contributed by atoms with Crippen molar-refractivity contribution < 1.29 is 4.79 Å². The van der Waals surface area contributed by atoms with Gasteiger partial charge in [-0.3, -0.25) is 4.79 Å². The zero-order valence-corrected chi connectivity index (χ0v) is 18.6. The number of hydrogen-bond acceptors (Lipinski definition) is 5. The lowest BCUT2D eigenvalue weighted by Crippen LogP contribution is -2.43. The first-order chi connectivity index (χ1) is 15.1. The van der Waals surface area contributed by atoms with Crippen molar-refractivity contribution >= 4 is 17.7 Å². The summed E-state index contributed by atoms with van der Waals surface area (Å²) in [6, 6.07) is 10.4. The van der Waals surface area contributed by atoms with Crippen molar-refractivity contribution in [3.8, 4) is 0 Å². The molecule has 1 amide bonds. The predicted octanol–water partition coefficient (Wildman–Crippen LogP) is 3.08. The van der Waals surface area contributed by atoms with E-state index < -0.39 is 0 Å². The van der Waals surface area contributed by atoms with Gasteiger partial charge in [-0.05, 0) is 43.6 Å². The minimum Gasteiger partial charge on any atom is -0.362 e. The molecule has 1 aliphatic heterocycles. The van der Waals surface area contributed by atoms with Crippen LogP contribution in [0.15, 0.2) is 64.1 Å². The molecule has 0 radical (unpaired) electrons. The fourth-order valence-corrected chi connectivity index (χ4v) is 4.51. The molecule has 1 heterocycles. The van der Waals surface area contributed by atoms with Crippen molar-refractivity contribution in [3.63, 3.8) is 0 Å². The number of carbonyl (C=O) groups excluding carboxylic acids is 1. The van der Waals surface area contributed by atoms with Crippen LogP contribution >= 0.6 is 0 Å². The van der Waals surface area contributed by atoms with Crippen LogP contribution in [0.1, 0.15) is 37.7 Å². The monoisotopic (exact) mass is 419 g/mol. The number of aliphatic imine (C=N–C) groups is 2. The van der Waals surface area contributed by atoms with E-state index >= 15 is 0 Å². The lowest BCUT2D eigenvalue weighted by Gasteiger charge is -2.32.